The molecule has 0 aliphatic heterocycles. The molecule has 1 N–H and O–H groups in total. The largest absolute Gasteiger partial charge is 0.285 e. The van der Waals surface area contributed by atoms with Crippen LogP contribution >= 0.6 is 0 Å². The molecule has 14 heavy (non-hydrogen) atoms. The van der Waals surface area contributed by atoms with E-state index in [-0.39, 0.29) is 5.41 Å². The van der Waals surface area contributed by atoms with Crippen LogP contribution in [0.4, 0.5) is 0 Å². The smallest absolute Gasteiger partial charge is 0.267 e. The van der Waals surface area contributed by atoms with Gasteiger partial charge in [0.2, 0.25) is 0 Å². The molecular weight excluding hydrogens is 200 g/mol. The van der Waals surface area contributed by atoms with Gasteiger partial charge in [-0.05, 0) is 37.0 Å². The quantitative estimate of drug-likeness (QED) is 0.691. The molecule has 1 aliphatic rings. The van der Waals surface area contributed by atoms with E-state index < -0.39 is 15.4 Å². The third kappa shape index (κ3) is 2.95. The lowest BCUT2D eigenvalue weighted by Crippen LogP contribution is -2.31. The van der Waals surface area contributed by atoms with Crippen molar-refractivity contribution in [3.8, 4) is 0 Å². The van der Waals surface area contributed by atoms with Crippen LogP contribution in [-0.2, 0) is 10.1 Å². The van der Waals surface area contributed by atoms with Gasteiger partial charge in [0.15, 0.2) is 0 Å². The van der Waals surface area contributed by atoms with Gasteiger partial charge in [0, 0.05) is 0 Å². The Hall–Kier alpha value is -0.0900. The first-order chi connectivity index (χ1) is 6.21. The van der Waals surface area contributed by atoms with Gasteiger partial charge in [-0.2, -0.15) is 8.42 Å². The highest BCUT2D eigenvalue weighted by molar-refractivity contribution is 7.86. The van der Waals surface area contributed by atoms with Gasteiger partial charge in [0.1, 0.15) is 0 Å². The van der Waals surface area contributed by atoms with E-state index in [9.17, 15) is 8.42 Å². The van der Waals surface area contributed by atoms with Crippen LogP contribution in [0.1, 0.15) is 46.5 Å². The topological polar surface area (TPSA) is 54.4 Å². The van der Waals surface area contributed by atoms with Crippen LogP contribution in [-0.4, -0.2) is 18.2 Å². The van der Waals surface area contributed by atoms with Crippen molar-refractivity contribution < 1.29 is 13.0 Å². The molecular formula is C10H20O3S. The zero-order valence-corrected chi connectivity index (χ0v) is 9.97. The summed E-state index contributed by atoms with van der Waals surface area (Å²) in [6.45, 7) is 6.56. The van der Waals surface area contributed by atoms with Crippen molar-refractivity contribution in [2.45, 2.75) is 51.7 Å². The minimum Gasteiger partial charge on any atom is -0.285 e. The fourth-order valence-electron chi connectivity index (χ4n) is 2.23. The van der Waals surface area contributed by atoms with E-state index in [4.69, 9.17) is 4.55 Å². The fourth-order valence-corrected chi connectivity index (χ4v) is 3.09. The van der Waals surface area contributed by atoms with Crippen molar-refractivity contribution in [1.29, 1.82) is 0 Å². The molecule has 0 radical (unpaired) electrons. The molecule has 4 heteroatoms. The predicted octanol–water partition coefficient (Wildman–Crippen LogP) is 2.48. The van der Waals surface area contributed by atoms with E-state index in [1.54, 1.807) is 0 Å². The number of hydrogen-bond donors (Lipinski definition) is 1. The van der Waals surface area contributed by atoms with E-state index in [1.165, 1.54) is 0 Å². The van der Waals surface area contributed by atoms with Gasteiger partial charge in [-0.15, -0.1) is 0 Å². The summed E-state index contributed by atoms with van der Waals surface area (Å²) in [6, 6.07) is 0. The van der Waals surface area contributed by atoms with E-state index in [1.807, 2.05) is 0 Å². The first-order valence-electron chi connectivity index (χ1n) is 5.17. The van der Waals surface area contributed by atoms with Crippen molar-refractivity contribution in [2.75, 3.05) is 0 Å². The Bertz CT molecular complexity index is 279. The van der Waals surface area contributed by atoms with Gasteiger partial charge in [0.25, 0.3) is 10.1 Å². The Kier molecular flexibility index (Phi) is 3.26. The Morgan fingerprint density at radius 2 is 1.50 bits per heavy atom. The lowest BCUT2D eigenvalue weighted by atomic mass is 9.72. The molecule has 0 saturated heterocycles. The third-order valence-corrected chi connectivity index (χ3v) is 4.63. The summed E-state index contributed by atoms with van der Waals surface area (Å²) in [5.74, 6) is 0.584. The third-order valence-electron chi connectivity index (χ3n) is 3.32. The van der Waals surface area contributed by atoms with Crippen LogP contribution in [0.5, 0.6) is 0 Å². The number of hydrogen-bond acceptors (Lipinski definition) is 2. The molecule has 3 nitrogen and oxygen atoms in total. The van der Waals surface area contributed by atoms with Crippen molar-refractivity contribution in [3.63, 3.8) is 0 Å². The van der Waals surface area contributed by atoms with E-state index >= 15 is 0 Å². The highest BCUT2D eigenvalue weighted by Gasteiger charge is 2.34. The Balaban J connectivity index is 2.56. The van der Waals surface area contributed by atoms with Gasteiger partial charge in [-0.3, -0.25) is 4.55 Å². The Morgan fingerprint density at radius 1 is 1.07 bits per heavy atom. The van der Waals surface area contributed by atoms with Gasteiger partial charge in [-0.1, -0.05) is 20.8 Å². The lowest BCUT2D eigenvalue weighted by Gasteiger charge is -2.35. The number of rotatable bonds is 1. The molecule has 1 rings (SSSR count). The second-order valence-corrected chi connectivity index (χ2v) is 7.05. The fraction of sp³-hybridized carbons (Fsp3) is 1.00. The highest BCUT2D eigenvalue weighted by atomic mass is 32.2. The molecule has 0 unspecified atom stereocenters. The average Bonchev–Trinajstić information content (AvgIpc) is 2.01. The predicted molar refractivity (Wildman–Crippen MR) is 56.7 cm³/mol. The summed E-state index contributed by atoms with van der Waals surface area (Å²) in [5.41, 5.74) is 0.254. The van der Waals surface area contributed by atoms with Crippen LogP contribution in [0.3, 0.4) is 0 Å². The lowest BCUT2D eigenvalue weighted by molar-refractivity contribution is 0.179. The zero-order valence-electron chi connectivity index (χ0n) is 9.16. The van der Waals surface area contributed by atoms with Crippen LogP contribution in [0.15, 0.2) is 0 Å². The molecule has 0 heterocycles. The monoisotopic (exact) mass is 220 g/mol. The normalized spacial score (nSPS) is 30.3. The summed E-state index contributed by atoms with van der Waals surface area (Å²) in [6.07, 6.45) is 3.05. The summed E-state index contributed by atoms with van der Waals surface area (Å²) in [7, 11) is -3.79. The highest BCUT2D eigenvalue weighted by Crippen LogP contribution is 2.39. The molecule has 1 fully saturated rings. The molecule has 84 valence electrons. The van der Waals surface area contributed by atoms with Gasteiger partial charge in [-0.25, -0.2) is 0 Å². The standard InChI is InChI=1S/C10H20O3S/c1-10(2,3)8-4-6-9(7-5-8)14(11,12)13/h8-9H,4-7H2,1-3H3,(H,11,12,13). The Labute approximate surface area is 86.6 Å². The second kappa shape index (κ2) is 3.81. The van der Waals surface area contributed by atoms with Crippen LogP contribution in [0, 0.1) is 11.3 Å². The van der Waals surface area contributed by atoms with Crippen LogP contribution in [0.25, 0.3) is 0 Å². The SMILES string of the molecule is CC(C)(C)C1CCC(S(=O)(=O)O)CC1. The maximum Gasteiger partial charge on any atom is 0.267 e. The Morgan fingerprint density at radius 3 is 1.79 bits per heavy atom. The molecule has 0 aromatic carbocycles. The van der Waals surface area contributed by atoms with Crippen molar-refractivity contribution in [1.82, 2.24) is 0 Å². The van der Waals surface area contributed by atoms with Crippen LogP contribution in [0.2, 0.25) is 0 Å². The van der Waals surface area contributed by atoms with Crippen molar-refractivity contribution in [3.05, 3.63) is 0 Å². The first kappa shape index (κ1) is 12.0. The van der Waals surface area contributed by atoms with E-state index in [0.29, 0.717) is 18.8 Å². The minimum atomic E-state index is -3.79. The second-order valence-electron chi connectivity index (χ2n) is 5.35. The molecule has 0 bridgehead atoms. The molecule has 1 saturated carbocycles. The van der Waals surface area contributed by atoms with Crippen molar-refractivity contribution >= 4 is 10.1 Å². The summed E-state index contributed by atoms with van der Waals surface area (Å²) in [4.78, 5) is 0. The zero-order chi connectivity index (χ0) is 11.0. The molecule has 1 aliphatic carbocycles. The summed E-state index contributed by atoms with van der Waals surface area (Å²) in [5, 5.41) is -0.513. The molecule has 0 atom stereocenters. The van der Waals surface area contributed by atoms with Gasteiger partial charge >= 0.3 is 0 Å². The maximum atomic E-state index is 10.9. The van der Waals surface area contributed by atoms with Gasteiger partial charge in [0.05, 0.1) is 5.25 Å². The van der Waals surface area contributed by atoms with E-state index in [0.717, 1.165) is 12.8 Å². The summed E-state index contributed by atoms with van der Waals surface area (Å²) < 4.78 is 30.7. The molecule has 0 aromatic heterocycles. The van der Waals surface area contributed by atoms with Crippen LogP contribution < -0.4 is 0 Å². The molecule has 0 amide bonds. The van der Waals surface area contributed by atoms with E-state index in [2.05, 4.69) is 20.8 Å². The van der Waals surface area contributed by atoms with Crippen molar-refractivity contribution in [2.24, 2.45) is 11.3 Å². The average molecular weight is 220 g/mol. The maximum absolute atomic E-state index is 10.9. The van der Waals surface area contributed by atoms with Gasteiger partial charge < -0.3 is 0 Å². The molecule has 0 spiro atoms. The summed E-state index contributed by atoms with van der Waals surface area (Å²) >= 11 is 0. The first-order valence-corrected chi connectivity index (χ1v) is 6.68. The minimum absolute atomic E-state index is 0.254. The molecule has 0 aromatic rings.